The van der Waals surface area contributed by atoms with Gasteiger partial charge in [-0.05, 0) is 30.3 Å². The van der Waals surface area contributed by atoms with Gasteiger partial charge < -0.3 is 4.74 Å². The van der Waals surface area contributed by atoms with Crippen LogP contribution in [0, 0.1) is 0 Å². The standard InChI is InChI=1S/C14H9ClN2O3S2/c1-20-13(19)7-2-3-8-10(6-7)22-14(16-8)17-12(18)9-4-5-11(15)21-9/h2-6H,1H3,(H,16,17,18). The molecule has 5 nitrogen and oxygen atoms in total. The molecule has 0 fully saturated rings. The number of carbonyl (C=O) groups is 2. The van der Waals surface area contributed by atoms with E-state index in [1.165, 1.54) is 29.8 Å². The van der Waals surface area contributed by atoms with Gasteiger partial charge in [-0.1, -0.05) is 22.9 Å². The van der Waals surface area contributed by atoms with Crippen LogP contribution in [0.1, 0.15) is 20.0 Å². The molecule has 0 saturated carbocycles. The summed E-state index contributed by atoms with van der Waals surface area (Å²) in [6.45, 7) is 0. The number of amides is 1. The molecule has 0 aliphatic carbocycles. The zero-order valence-corrected chi connectivity index (χ0v) is 13.6. The molecule has 0 radical (unpaired) electrons. The molecule has 1 N–H and O–H groups in total. The highest BCUT2D eigenvalue weighted by atomic mass is 35.5. The summed E-state index contributed by atoms with van der Waals surface area (Å²) in [6, 6.07) is 8.37. The van der Waals surface area contributed by atoms with Crippen LogP contribution in [0.15, 0.2) is 30.3 Å². The lowest BCUT2D eigenvalue weighted by Gasteiger charge is -1.97. The second-order valence-electron chi connectivity index (χ2n) is 4.25. The molecule has 8 heteroatoms. The highest BCUT2D eigenvalue weighted by Gasteiger charge is 2.13. The lowest BCUT2D eigenvalue weighted by Crippen LogP contribution is -2.09. The molecular formula is C14H9ClN2O3S2. The van der Waals surface area contributed by atoms with Gasteiger partial charge in [-0.15, -0.1) is 11.3 Å². The van der Waals surface area contributed by atoms with E-state index in [1.54, 1.807) is 30.3 Å². The quantitative estimate of drug-likeness (QED) is 0.722. The Bertz CT molecular complexity index is 872. The van der Waals surface area contributed by atoms with Crippen molar-refractivity contribution in [3.8, 4) is 0 Å². The molecule has 0 spiro atoms. The summed E-state index contributed by atoms with van der Waals surface area (Å²) in [4.78, 5) is 28.4. The lowest BCUT2D eigenvalue weighted by atomic mass is 10.2. The number of rotatable bonds is 3. The maximum Gasteiger partial charge on any atom is 0.337 e. The largest absolute Gasteiger partial charge is 0.465 e. The summed E-state index contributed by atoms with van der Waals surface area (Å²) < 4.78 is 6.03. The molecule has 22 heavy (non-hydrogen) atoms. The highest BCUT2D eigenvalue weighted by molar-refractivity contribution is 7.22. The van der Waals surface area contributed by atoms with E-state index < -0.39 is 5.97 Å². The third kappa shape index (κ3) is 2.96. The number of nitrogens with one attached hydrogen (secondary N) is 1. The molecule has 3 aromatic rings. The molecule has 0 aliphatic heterocycles. The first-order valence-corrected chi connectivity index (χ1v) is 8.13. The van der Waals surface area contributed by atoms with Gasteiger partial charge in [-0.2, -0.15) is 0 Å². The van der Waals surface area contributed by atoms with Crippen molar-refractivity contribution in [3.05, 3.63) is 45.1 Å². The summed E-state index contributed by atoms with van der Waals surface area (Å²) in [7, 11) is 1.33. The number of benzene rings is 1. The van der Waals surface area contributed by atoms with E-state index in [0.717, 1.165) is 4.70 Å². The number of fused-ring (bicyclic) bond motifs is 1. The van der Waals surface area contributed by atoms with E-state index >= 15 is 0 Å². The topological polar surface area (TPSA) is 68.3 Å². The zero-order valence-electron chi connectivity index (χ0n) is 11.3. The van der Waals surface area contributed by atoms with Gasteiger partial charge in [0.05, 0.1) is 32.1 Å². The first kappa shape index (κ1) is 15.0. The van der Waals surface area contributed by atoms with E-state index in [0.29, 0.717) is 25.4 Å². The van der Waals surface area contributed by atoms with Crippen LogP contribution < -0.4 is 5.32 Å². The van der Waals surface area contributed by atoms with Crippen molar-refractivity contribution < 1.29 is 14.3 Å². The van der Waals surface area contributed by atoms with Gasteiger partial charge in [0.15, 0.2) is 5.13 Å². The van der Waals surface area contributed by atoms with Gasteiger partial charge in [-0.25, -0.2) is 9.78 Å². The molecule has 1 amide bonds. The number of esters is 1. The second-order valence-corrected chi connectivity index (χ2v) is 7.00. The van der Waals surface area contributed by atoms with Crippen LogP contribution in [0.5, 0.6) is 0 Å². The van der Waals surface area contributed by atoms with Gasteiger partial charge in [-0.3, -0.25) is 10.1 Å². The monoisotopic (exact) mass is 352 g/mol. The lowest BCUT2D eigenvalue weighted by molar-refractivity contribution is 0.0601. The minimum absolute atomic E-state index is 0.260. The fourth-order valence-corrected chi connectivity index (χ4v) is 3.66. The molecule has 0 bridgehead atoms. The van der Waals surface area contributed by atoms with Crippen LogP contribution in [0.2, 0.25) is 4.34 Å². The smallest absolute Gasteiger partial charge is 0.337 e. The molecule has 112 valence electrons. The molecule has 0 unspecified atom stereocenters. The minimum Gasteiger partial charge on any atom is -0.465 e. The van der Waals surface area contributed by atoms with Crippen molar-refractivity contribution in [2.75, 3.05) is 12.4 Å². The van der Waals surface area contributed by atoms with E-state index in [-0.39, 0.29) is 5.91 Å². The molecule has 3 rings (SSSR count). The average Bonchev–Trinajstić information content (AvgIpc) is 3.11. The van der Waals surface area contributed by atoms with Gasteiger partial charge >= 0.3 is 5.97 Å². The van der Waals surface area contributed by atoms with Crippen molar-refractivity contribution in [2.24, 2.45) is 0 Å². The first-order valence-electron chi connectivity index (χ1n) is 6.12. The number of hydrogen-bond acceptors (Lipinski definition) is 6. The Morgan fingerprint density at radius 1 is 1.23 bits per heavy atom. The van der Waals surface area contributed by atoms with Crippen molar-refractivity contribution in [1.82, 2.24) is 4.98 Å². The summed E-state index contributed by atoms with van der Waals surface area (Å²) >= 11 is 8.30. The molecule has 0 saturated heterocycles. The summed E-state index contributed by atoms with van der Waals surface area (Å²) in [5.74, 6) is -0.668. The van der Waals surface area contributed by atoms with Crippen LogP contribution in [0.4, 0.5) is 5.13 Å². The minimum atomic E-state index is -0.408. The molecule has 0 aliphatic rings. The van der Waals surface area contributed by atoms with E-state index in [1.807, 2.05) is 0 Å². The first-order chi connectivity index (χ1) is 10.6. The number of aromatic nitrogens is 1. The van der Waals surface area contributed by atoms with Crippen LogP contribution in [0.3, 0.4) is 0 Å². The molecule has 2 aromatic heterocycles. The molecule has 1 aromatic carbocycles. The van der Waals surface area contributed by atoms with Crippen molar-refractivity contribution >= 4 is 61.5 Å². The van der Waals surface area contributed by atoms with Gasteiger partial charge in [0, 0.05) is 0 Å². The number of thiazole rings is 1. The predicted octanol–water partition coefficient (Wildman–Crippen LogP) is 4.05. The molecular weight excluding hydrogens is 344 g/mol. The van der Waals surface area contributed by atoms with Gasteiger partial charge in [0.2, 0.25) is 0 Å². The Labute approximate surface area is 138 Å². The number of halogens is 1. The number of nitrogens with zero attached hydrogens (tertiary/aromatic N) is 1. The number of anilines is 1. The number of ether oxygens (including phenoxy) is 1. The SMILES string of the molecule is COC(=O)c1ccc2nc(NC(=O)c3ccc(Cl)s3)sc2c1. The normalized spacial score (nSPS) is 10.6. The third-order valence-corrected chi connectivity index (χ3v) is 4.99. The number of methoxy groups -OCH3 is 1. The van der Waals surface area contributed by atoms with E-state index in [9.17, 15) is 9.59 Å². The van der Waals surface area contributed by atoms with Crippen LogP contribution >= 0.6 is 34.3 Å². The molecule has 2 heterocycles. The fourth-order valence-electron chi connectivity index (χ4n) is 1.82. The number of carbonyl (C=O) groups excluding carboxylic acids is 2. The number of hydrogen-bond donors (Lipinski definition) is 1. The maximum atomic E-state index is 12.1. The summed E-state index contributed by atoms with van der Waals surface area (Å²) in [5.41, 5.74) is 1.15. The van der Waals surface area contributed by atoms with Crippen LogP contribution in [-0.4, -0.2) is 24.0 Å². The zero-order chi connectivity index (χ0) is 15.7. The predicted molar refractivity (Wildman–Crippen MR) is 88.2 cm³/mol. The van der Waals surface area contributed by atoms with Crippen LogP contribution in [0.25, 0.3) is 10.2 Å². The number of thiophene rings is 1. The van der Waals surface area contributed by atoms with Crippen molar-refractivity contribution in [2.45, 2.75) is 0 Å². The summed E-state index contributed by atoms with van der Waals surface area (Å²) in [5, 5.41) is 3.19. The Balaban J connectivity index is 1.85. The fraction of sp³-hybridized carbons (Fsp3) is 0.0714. The van der Waals surface area contributed by atoms with Crippen LogP contribution in [-0.2, 0) is 4.74 Å². The molecule has 0 atom stereocenters. The maximum absolute atomic E-state index is 12.1. The second kappa shape index (κ2) is 6.04. The third-order valence-electron chi connectivity index (χ3n) is 2.83. The Kier molecular flexibility index (Phi) is 4.10. The Morgan fingerprint density at radius 3 is 2.73 bits per heavy atom. The van der Waals surface area contributed by atoms with E-state index in [2.05, 4.69) is 15.0 Å². The Hall–Kier alpha value is -1.96. The summed E-state index contributed by atoms with van der Waals surface area (Å²) in [6.07, 6.45) is 0. The van der Waals surface area contributed by atoms with Gasteiger partial charge in [0.25, 0.3) is 5.91 Å². The highest BCUT2D eigenvalue weighted by Crippen LogP contribution is 2.28. The average molecular weight is 353 g/mol. The van der Waals surface area contributed by atoms with E-state index in [4.69, 9.17) is 11.6 Å². The Morgan fingerprint density at radius 2 is 2.05 bits per heavy atom. The van der Waals surface area contributed by atoms with Gasteiger partial charge in [0.1, 0.15) is 0 Å². The van der Waals surface area contributed by atoms with Crippen molar-refractivity contribution in [1.29, 1.82) is 0 Å². The van der Waals surface area contributed by atoms with Crippen molar-refractivity contribution in [3.63, 3.8) is 0 Å².